The Kier molecular flexibility index (Phi) is 10.3. The van der Waals surface area contributed by atoms with Crippen LogP contribution < -0.4 is 10.6 Å². The minimum absolute atomic E-state index is 0. The minimum atomic E-state index is -0.134. The lowest BCUT2D eigenvalue weighted by Gasteiger charge is -2.19. The van der Waals surface area contributed by atoms with Crippen molar-refractivity contribution in [2.45, 2.75) is 59.9 Å². The summed E-state index contributed by atoms with van der Waals surface area (Å²) in [7, 11) is 0. The Morgan fingerprint density at radius 3 is 2.59 bits per heavy atom. The maximum Gasteiger partial charge on any atom is 0.191 e. The number of benzene rings is 1. The fourth-order valence-corrected chi connectivity index (χ4v) is 3.00. The summed E-state index contributed by atoms with van der Waals surface area (Å²) in [5.74, 6) is 0.802. The van der Waals surface area contributed by atoms with Gasteiger partial charge in [0.25, 0.3) is 0 Å². The van der Waals surface area contributed by atoms with Gasteiger partial charge in [0, 0.05) is 17.6 Å². The average molecular weight is 502 g/mol. The molecule has 0 radical (unpaired) electrons. The number of ether oxygens (including phenoxy) is 1. The molecule has 0 saturated carbocycles. The first-order chi connectivity index (χ1) is 12.4. The molecule has 7 heteroatoms. The Hall–Kier alpha value is -1.19. The smallest absolute Gasteiger partial charge is 0.191 e. The second kappa shape index (κ2) is 11.6. The lowest BCUT2D eigenvalue weighted by Crippen LogP contribution is -2.36. The van der Waals surface area contributed by atoms with Crippen LogP contribution in [-0.4, -0.2) is 23.1 Å². The Morgan fingerprint density at radius 2 is 1.96 bits per heavy atom. The molecule has 1 heterocycles. The molecule has 2 rings (SSSR count). The molecule has 0 bridgehead atoms. The Labute approximate surface area is 184 Å². The van der Waals surface area contributed by atoms with E-state index in [1.165, 1.54) is 16.0 Å². The van der Waals surface area contributed by atoms with Gasteiger partial charge in [-0.25, -0.2) is 9.98 Å². The standard InChI is InChI=1S/C20H30N4OS.HI/c1-6-21-19(24-13-18-22-11-15(2)26-18)23-12-16-8-7-9-17(10-16)14-25-20(3,4)5;/h7-11H,6,12-14H2,1-5H3,(H2,21,23,24);1H. The van der Waals surface area contributed by atoms with Crippen molar-refractivity contribution in [2.24, 2.45) is 4.99 Å². The molecule has 2 N–H and O–H groups in total. The van der Waals surface area contributed by atoms with Crippen LogP contribution in [-0.2, 0) is 24.4 Å². The largest absolute Gasteiger partial charge is 0.371 e. The molecule has 27 heavy (non-hydrogen) atoms. The molecule has 1 aromatic carbocycles. The van der Waals surface area contributed by atoms with Crippen LogP contribution in [0.2, 0.25) is 0 Å². The van der Waals surface area contributed by atoms with Gasteiger partial charge in [-0.3, -0.25) is 0 Å². The van der Waals surface area contributed by atoms with Crippen molar-refractivity contribution < 1.29 is 4.74 Å². The van der Waals surface area contributed by atoms with E-state index in [4.69, 9.17) is 4.74 Å². The van der Waals surface area contributed by atoms with E-state index in [2.05, 4.69) is 79.5 Å². The van der Waals surface area contributed by atoms with E-state index in [9.17, 15) is 0 Å². The SMILES string of the molecule is CCNC(=NCc1cccc(COC(C)(C)C)c1)NCc1ncc(C)s1.I. The first-order valence-corrected chi connectivity index (χ1v) is 9.82. The third kappa shape index (κ3) is 9.53. The molecule has 0 saturated heterocycles. The van der Waals surface area contributed by atoms with Gasteiger partial charge in [-0.2, -0.15) is 0 Å². The predicted molar refractivity (Wildman–Crippen MR) is 125 cm³/mol. The maximum atomic E-state index is 5.86. The van der Waals surface area contributed by atoms with E-state index in [1.807, 2.05) is 6.20 Å². The zero-order valence-corrected chi connectivity index (χ0v) is 20.0. The van der Waals surface area contributed by atoms with Crippen molar-refractivity contribution in [3.05, 3.63) is 51.5 Å². The highest BCUT2D eigenvalue weighted by Crippen LogP contribution is 2.14. The molecular weight excluding hydrogens is 471 g/mol. The maximum absolute atomic E-state index is 5.86. The molecule has 0 fully saturated rings. The number of guanidine groups is 1. The number of halogens is 1. The average Bonchev–Trinajstić information content (AvgIpc) is 3.01. The number of nitrogens with one attached hydrogen (secondary N) is 2. The Bertz CT molecular complexity index is 725. The van der Waals surface area contributed by atoms with Crippen LogP contribution in [0.3, 0.4) is 0 Å². The third-order valence-corrected chi connectivity index (χ3v) is 4.42. The predicted octanol–water partition coefficient (Wildman–Crippen LogP) is 4.64. The number of hydrogen-bond acceptors (Lipinski definition) is 4. The molecule has 0 atom stereocenters. The van der Waals surface area contributed by atoms with Crippen molar-refractivity contribution >= 4 is 41.3 Å². The fraction of sp³-hybridized carbons (Fsp3) is 0.500. The van der Waals surface area contributed by atoms with E-state index in [0.29, 0.717) is 19.7 Å². The van der Waals surface area contributed by atoms with Gasteiger partial charge in [-0.1, -0.05) is 24.3 Å². The van der Waals surface area contributed by atoms with Crippen LogP contribution >= 0.6 is 35.3 Å². The molecule has 0 aliphatic carbocycles. The molecule has 150 valence electrons. The lowest BCUT2D eigenvalue weighted by atomic mass is 10.1. The van der Waals surface area contributed by atoms with Gasteiger partial charge in [0.2, 0.25) is 0 Å². The molecular formula is C20H31IN4OS. The summed E-state index contributed by atoms with van der Waals surface area (Å²) in [5.41, 5.74) is 2.20. The van der Waals surface area contributed by atoms with Gasteiger partial charge in [-0.15, -0.1) is 35.3 Å². The monoisotopic (exact) mass is 502 g/mol. The van der Waals surface area contributed by atoms with Gasteiger partial charge in [-0.05, 0) is 45.7 Å². The number of thiazole rings is 1. The molecule has 0 spiro atoms. The summed E-state index contributed by atoms with van der Waals surface area (Å²) in [4.78, 5) is 10.3. The van der Waals surface area contributed by atoms with E-state index in [1.54, 1.807) is 11.3 Å². The van der Waals surface area contributed by atoms with Gasteiger partial charge in [0.05, 0.1) is 25.3 Å². The van der Waals surface area contributed by atoms with Crippen LogP contribution in [0.1, 0.15) is 48.7 Å². The van der Waals surface area contributed by atoms with Crippen molar-refractivity contribution in [2.75, 3.05) is 6.54 Å². The molecule has 0 aliphatic heterocycles. The van der Waals surface area contributed by atoms with Crippen LogP contribution in [0.15, 0.2) is 35.5 Å². The molecule has 5 nitrogen and oxygen atoms in total. The van der Waals surface area contributed by atoms with Crippen LogP contribution in [0.5, 0.6) is 0 Å². The second-order valence-electron chi connectivity index (χ2n) is 7.13. The van der Waals surface area contributed by atoms with E-state index < -0.39 is 0 Å². The highest BCUT2D eigenvalue weighted by Gasteiger charge is 2.10. The number of aliphatic imine (C=N–C) groups is 1. The van der Waals surface area contributed by atoms with Crippen LogP contribution in [0.4, 0.5) is 0 Å². The second-order valence-corrected chi connectivity index (χ2v) is 8.45. The number of rotatable bonds is 7. The van der Waals surface area contributed by atoms with Crippen LogP contribution in [0.25, 0.3) is 0 Å². The van der Waals surface area contributed by atoms with E-state index >= 15 is 0 Å². The highest BCUT2D eigenvalue weighted by molar-refractivity contribution is 14.0. The van der Waals surface area contributed by atoms with Crippen molar-refractivity contribution in [3.63, 3.8) is 0 Å². The Morgan fingerprint density at radius 1 is 1.22 bits per heavy atom. The van der Waals surface area contributed by atoms with Gasteiger partial charge in [0.1, 0.15) is 5.01 Å². The van der Waals surface area contributed by atoms with Crippen molar-refractivity contribution in [1.82, 2.24) is 15.6 Å². The van der Waals surface area contributed by atoms with Crippen molar-refractivity contribution in [1.29, 1.82) is 0 Å². The third-order valence-electron chi connectivity index (χ3n) is 3.50. The summed E-state index contributed by atoms with van der Waals surface area (Å²) in [6.07, 6.45) is 1.90. The Balaban J connectivity index is 0.00000364. The minimum Gasteiger partial charge on any atom is -0.371 e. The summed E-state index contributed by atoms with van der Waals surface area (Å²) in [5, 5.41) is 7.69. The zero-order chi connectivity index (χ0) is 19.0. The lowest BCUT2D eigenvalue weighted by molar-refractivity contribution is -0.0149. The summed E-state index contributed by atoms with van der Waals surface area (Å²) in [6, 6.07) is 8.40. The van der Waals surface area contributed by atoms with Gasteiger partial charge >= 0.3 is 0 Å². The summed E-state index contributed by atoms with van der Waals surface area (Å²) in [6.45, 7) is 13.1. The quantitative estimate of drug-likeness (QED) is 0.329. The topological polar surface area (TPSA) is 58.5 Å². The summed E-state index contributed by atoms with van der Waals surface area (Å²) < 4.78 is 5.86. The van der Waals surface area contributed by atoms with E-state index in [0.717, 1.165) is 17.5 Å². The van der Waals surface area contributed by atoms with E-state index in [-0.39, 0.29) is 29.6 Å². The molecule has 1 aromatic heterocycles. The number of aromatic nitrogens is 1. The normalized spacial score (nSPS) is 11.8. The zero-order valence-electron chi connectivity index (χ0n) is 16.8. The van der Waals surface area contributed by atoms with Gasteiger partial charge < -0.3 is 15.4 Å². The fourth-order valence-electron chi connectivity index (χ4n) is 2.27. The van der Waals surface area contributed by atoms with Crippen molar-refractivity contribution in [3.8, 4) is 0 Å². The number of hydrogen-bond donors (Lipinski definition) is 2. The first-order valence-electron chi connectivity index (χ1n) is 9.01. The molecule has 0 amide bonds. The molecule has 0 aliphatic rings. The van der Waals surface area contributed by atoms with Gasteiger partial charge in [0.15, 0.2) is 5.96 Å². The first kappa shape index (κ1) is 23.8. The number of nitrogens with zero attached hydrogens (tertiary/aromatic N) is 2. The van der Waals surface area contributed by atoms with Crippen LogP contribution in [0, 0.1) is 6.92 Å². The molecule has 0 unspecified atom stereocenters. The highest BCUT2D eigenvalue weighted by atomic mass is 127. The molecule has 2 aromatic rings. The number of aryl methyl sites for hydroxylation is 1. The summed E-state index contributed by atoms with van der Waals surface area (Å²) >= 11 is 1.70.